The quantitative estimate of drug-likeness (QED) is 0.438. The Kier molecular flexibility index (Phi) is 4.43. The first-order chi connectivity index (χ1) is 16.9. The molecule has 1 fully saturated rings. The summed E-state index contributed by atoms with van der Waals surface area (Å²) in [5, 5.41) is 4.98. The number of benzene rings is 2. The van der Waals surface area contributed by atoms with Gasteiger partial charge in [-0.2, -0.15) is 0 Å². The van der Waals surface area contributed by atoms with Crippen molar-refractivity contribution >= 4 is 29.0 Å². The lowest BCUT2D eigenvalue weighted by molar-refractivity contribution is -0.124. The first-order valence-corrected chi connectivity index (χ1v) is 10.8. The van der Waals surface area contributed by atoms with Gasteiger partial charge in [-0.05, 0) is 23.3 Å². The zero-order chi connectivity index (χ0) is 24.3. The van der Waals surface area contributed by atoms with Crippen LogP contribution in [0.1, 0.15) is 21.5 Å². The average molecular weight is 471 g/mol. The van der Waals surface area contributed by atoms with Gasteiger partial charge in [0.25, 0.3) is 11.8 Å². The standard InChI is InChI=1S/C24H18FN7O3/c1-31-12-28-19-18(26-11-27-20(19)31)13-2-5-15(6-3-13)24(22(34)29-23(35)30-24)10-32-9-14-4-7-16(25)8-17(14)21(32)33/h2-8,11-12H,9-10H2,1H3,(H2,29,30,34,35)/t24-/m1/s1. The van der Waals surface area contributed by atoms with Gasteiger partial charge in [0.2, 0.25) is 0 Å². The molecule has 2 aliphatic rings. The van der Waals surface area contributed by atoms with Gasteiger partial charge in [-0.25, -0.2) is 24.1 Å². The molecule has 0 bridgehead atoms. The van der Waals surface area contributed by atoms with Gasteiger partial charge in [0, 0.05) is 24.7 Å². The van der Waals surface area contributed by atoms with Gasteiger partial charge in [0.1, 0.15) is 23.4 Å². The van der Waals surface area contributed by atoms with Gasteiger partial charge in [-0.1, -0.05) is 30.3 Å². The number of carbonyl (C=O) groups is 3. The lowest BCUT2D eigenvalue weighted by Gasteiger charge is -2.31. The molecule has 1 atom stereocenters. The number of urea groups is 1. The number of imidazole rings is 1. The lowest BCUT2D eigenvalue weighted by atomic mass is 9.88. The molecule has 0 spiro atoms. The molecule has 0 saturated carbocycles. The van der Waals surface area contributed by atoms with Crippen LogP contribution in [0.25, 0.3) is 22.4 Å². The first kappa shape index (κ1) is 20.9. The van der Waals surface area contributed by atoms with Crippen molar-refractivity contribution in [2.45, 2.75) is 12.1 Å². The Balaban J connectivity index is 1.37. The third-order valence-electron chi connectivity index (χ3n) is 6.47. The number of carbonyl (C=O) groups excluding carboxylic acids is 3. The van der Waals surface area contributed by atoms with Crippen LogP contribution >= 0.6 is 0 Å². The van der Waals surface area contributed by atoms with Crippen LogP contribution in [-0.2, 0) is 23.9 Å². The van der Waals surface area contributed by atoms with E-state index in [0.29, 0.717) is 28.0 Å². The predicted octanol–water partition coefficient (Wildman–Crippen LogP) is 1.86. The van der Waals surface area contributed by atoms with Crippen LogP contribution in [-0.4, -0.2) is 48.8 Å². The summed E-state index contributed by atoms with van der Waals surface area (Å²) in [4.78, 5) is 52.6. The second-order valence-electron chi connectivity index (χ2n) is 8.60. The largest absolute Gasteiger partial charge is 0.331 e. The number of hydrogen-bond acceptors (Lipinski definition) is 6. The Morgan fingerprint density at radius 2 is 1.86 bits per heavy atom. The average Bonchev–Trinajstić information content (AvgIpc) is 3.48. The van der Waals surface area contributed by atoms with Crippen LogP contribution in [0, 0.1) is 5.82 Å². The Morgan fingerprint density at radius 1 is 1.06 bits per heavy atom. The Morgan fingerprint density at radius 3 is 2.60 bits per heavy atom. The van der Waals surface area contributed by atoms with Crippen LogP contribution in [0.5, 0.6) is 0 Å². The smallest absolute Gasteiger partial charge is 0.322 e. The fourth-order valence-electron chi connectivity index (χ4n) is 4.71. The van der Waals surface area contributed by atoms with E-state index in [1.165, 1.54) is 23.4 Å². The van der Waals surface area contributed by atoms with Gasteiger partial charge in [0.05, 0.1) is 12.9 Å². The monoisotopic (exact) mass is 471 g/mol. The number of aromatic nitrogens is 4. The Hall–Kier alpha value is -4.67. The van der Waals surface area contributed by atoms with Crippen LogP contribution in [0.2, 0.25) is 0 Å². The van der Waals surface area contributed by atoms with E-state index in [9.17, 15) is 18.8 Å². The minimum Gasteiger partial charge on any atom is -0.331 e. The molecule has 0 aliphatic carbocycles. The lowest BCUT2D eigenvalue weighted by Crippen LogP contribution is -2.52. The number of nitrogens with zero attached hydrogens (tertiary/aromatic N) is 5. The Bertz CT molecular complexity index is 1550. The third kappa shape index (κ3) is 3.15. The minimum absolute atomic E-state index is 0.114. The van der Waals surface area contributed by atoms with Crippen molar-refractivity contribution in [2.24, 2.45) is 7.05 Å². The SMILES string of the molecule is Cn1cnc2c(-c3ccc([C@@]4(CN5Cc6ccc(F)cc6C5=O)NC(=O)NC4=O)cc3)ncnc21. The number of hydrogen-bond donors (Lipinski definition) is 2. The maximum atomic E-state index is 13.7. The normalized spacial score (nSPS) is 19.3. The highest BCUT2D eigenvalue weighted by atomic mass is 19.1. The summed E-state index contributed by atoms with van der Waals surface area (Å²) in [6.07, 6.45) is 3.11. The fraction of sp³-hybridized carbons (Fsp3) is 0.167. The molecule has 174 valence electrons. The molecule has 10 nitrogen and oxygen atoms in total. The molecule has 0 unspecified atom stereocenters. The molecule has 1 saturated heterocycles. The summed E-state index contributed by atoms with van der Waals surface area (Å²) in [7, 11) is 1.84. The van der Waals surface area contributed by atoms with E-state index in [4.69, 9.17) is 0 Å². The van der Waals surface area contributed by atoms with Crippen LogP contribution in [0.4, 0.5) is 9.18 Å². The molecule has 4 heterocycles. The molecule has 2 aliphatic heterocycles. The summed E-state index contributed by atoms with van der Waals surface area (Å²) in [5.74, 6) is -1.48. The molecule has 0 radical (unpaired) electrons. The van der Waals surface area contributed by atoms with Gasteiger partial charge < -0.3 is 14.8 Å². The number of halogens is 1. The molecule has 35 heavy (non-hydrogen) atoms. The van der Waals surface area contributed by atoms with Gasteiger partial charge in [-0.3, -0.25) is 14.9 Å². The second kappa shape index (κ2) is 7.42. The van der Waals surface area contributed by atoms with Crippen molar-refractivity contribution < 1.29 is 18.8 Å². The molecule has 11 heteroatoms. The molecule has 6 rings (SSSR count). The molecular weight excluding hydrogens is 453 g/mol. The van der Waals surface area contributed by atoms with Crippen molar-refractivity contribution in [3.05, 3.63) is 77.6 Å². The predicted molar refractivity (Wildman–Crippen MR) is 121 cm³/mol. The zero-order valence-electron chi connectivity index (χ0n) is 18.4. The van der Waals surface area contributed by atoms with Crippen LogP contribution < -0.4 is 10.6 Å². The summed E-state index contributed by atoms with van der Waals surface area (Å²) in [5.41, 5.74) is 2.60. The number of aryl methyl sites for hydroxylation is 1. The number of amides is 4. The Labute approximate surface area is 197 Å². The van der Waals surface area contributed by atoms with Crippen LogP contribution in [0.15, 0.2) is 55.1 Å². The third-order valence-corrected chi connectivity index (χ3v) is 6.47. The molecule has 4 aromatic rings. The van der Waals surface area contributed by atoms with E-state index in [2.05, 4.69) is 25.6 Å². The van der Waals surface area contributed by atoms with Crippen molar-refractivity contribution in [3.63, 3.8) is 0 Å². The summed E-state index contributed by atoms with van der Waals surface area (Å²) in [6.45, 7) is 0.0903. The van der Waals surface area contributed by atoms with E-state index in [0.717, 1.165) is 5.56 Å². The van der Waals surface area contributed by atoms with E-state index < -0.39 is 29.2 Å². The van der Waals surface area contributed by atoms with Crippen molar-refractivity contribution in [3.8, 4) is 11.3 Å². The first-order valence-electron chi connectivity index (χ1n) is 10.8. The number of nitrogens with one attached hydrogen (secondary N) is 2. The van der Waals surface area contributed by atoms with E-state index in [-0.39, 0.29) is 18.7 Å². The van der Waals surface area contributed by atoms with E-state index in [1.807, 2.05) is 7.05 Å². The van der Waals surface area contributed by atoms with Crippen molar-refractivity contribution in [1.29, 1.82) is 0 Å². The molecular formula is C24H18FN7O3. The zero-order valence-corrected chi connectivity index (χ0v) is 18.4. The summed E-state index contributed by atoms with van der Waals surface area (Å²) >= 11 is 0. The molecule has 2 N–H and O–H groups in total. The van der Waals surface area contributed by atoms with E-state index >= 15 is 0 Å². The maximum absolute atomic E-state index is 13.7. The molecule has 2 aromatic carbocycles. The van der Waals surface area contributed by atoms with Crippen molar-refractivity contribution in [2.75, 3.05) is 6.54 Å². The van der Waals surface area contributed by atoms with Gasteiger partial charge in [0.15, 0.2) is 11.2 Å². The van der Waals surface area contributed by atoms with Gasteiger partial charge in [-0.15, -0.1) is 0 Å². The topological polar surface area (TPSA) is 122 Å². The molecule has 4 amide bonds. The maximum Gasteiger partial charge on any atom is 0.322 e. The molecule has 2 aromatic heterocycles. The number of rotatable bonds is 4. The fourth-order valence-corrected chi connectivity index (χ4v) is 4.71. The highest BCUT2D eigenvalue weighted by Gasteiger charge is 2.50. The summed E-state index contributed by atoms with van der Waals surface area (Å²) < 4.78 is 15.5. The van der Waals surface area contributed by atoms with Crippen molar-refractivity contribution in [1.82, 2.24) is 35.1 Å². The van der Waals surface area contributed by atoms with Crippen LogP contribution in [0.3, 0.4) is 0 Å². The summed E-state index contributed by atoms with van der Waals surface area (Å²) in [6, 6.07) is 10.4. The van der Waals surface area contributed by atoms with E-state index in [1.54, 1.807) is 41.2 Å². The minimum atomic E-state index is -1.50. The highest BCUT2D eigenvalue weighted by Crippen LogP contribution is 2.33. The number of fused-ring (bicyclic) bond motifs is 2. The second-order valence-corrected chi connectivity index (χ2v) is 8.60. The van der Waals surface area contributed by atoms with Gasteiger partial charge >= 0.3 is 6.03 Å². The highest BCUT2D eigenvalue weighted by molar-refractivity contribution is 6.08. The number of imide groups is 1.